The molecule has 0 saturated heterocycles. The molecular weight excluding hydrogens is 278 g/mol. The zero-order valence-electron chi connectivity index (χ0n) is 11.9. The fraction of sp³-hybridized carbons (Fsp3) is 0.429. The molecule has 0 heterocycles. The first kappa shape index (κ1) is 16.9. The van der Waals surface area contributed by atoms with Crippen molar-refractivity contribution in [3.8, 4) is 0 Å². The Kier molecular flexibility index (Phi) is 6.13. The van der Waals surface area contributed by atoms with E-state index in [0.29, 0.717) is 0 Å². The van der Waals surface area contributed by atoms with Crippen molar-refractivity contribution in [1.29, 1.82) is 0 Å². The highest BCUT2D eigenvalue weighted by Gasteiger charge is 2.24. The second kappa shape index (κ2) is 7.61. The van der Waals surface area contributed by atoms with Gasteiger partial charge in [0.1, 0.15) is 6.10 Å². The summed E-state index contributed by atoms with van der Waals surface area (Å²) in [5.41, 5.74) is 6.27. The third-order valence-corrected chi connectivity index (χ3v) is 2.88. The van der Waals surface area contributed by atoms with Crippen LogP contribution in [0.15, 0.2) is 18.2 Å². The number of hydrogen-bond donors (Lipinski definition) is 3. The zero-order chi connectivity index (χ0) is 16.0. The van der Waals surface area contributed by atoms with Crippen LogP contribution in [0, 0.1) is 0 Å². The lowest BCUT2D eigenvalue weighted by molar-refractivity contribution is -0.144. The highest BCUT2D eigenvalue weighted by atomic mass is 16.5. The molecule has 2 atom stereocenters. The Bertz CT molecular complexity index is 516. The molecule has 0 aliphatic heterocycles. The van der Waals surface area contributed by atoms with Crippen LogP contribution in [0.1, 0.15) is 35.4 Å². The van der Waals surface area contributed by atoms with Gasteiger partial charge in [-0.15, -0.1) is 0 Å². The quantitative estimate of drug-likeness (QED) is 0.513. The number of ether oxygens (including phenoxy) is 2. The van der Waals surface area contributed by atoms with Crippen LogP contribution in [0.3, 0.4) is 0 Å². The number of esters is 2. The number of nitrogens with two attached hydrogens (primary N) is 1. The Morgan fingerprint density at radius 2 is 2.00 bits per heavy atom. The van der Waals surface area contributed by atoms with Gasteiger partial charge >= 0.3 is 11.9 Å². The lowest BCUT2D eigenvalue weighted by Crippen LogP contribution is -2.23. The van der Waals surface area contributed by atoms with Crippen molar-refractivity contribution in [2.75, 3.05) is 19.5 Å². The van der Waals surface area contributed by atoms with Crippen molar-refractivity contribution < 1.29 is 29.3 Å². The molecule has 0 bridgehead atoms. The van der Waals surface area contributed by atoms with Crippen molar-refractivity contribution in [1.82, 2.24) is 0 Å². The van der Waals surface area contributed by atoms with Gasteiger partial charge in [0.2, 0.25) is 0 Å². The smallest absolute Gasteiger partial charge is 0.338 e. The summed E-state index contributed by atoms with van der Waals surface area (Å²) in [5, 5.41) is 19.9. The molecule has 0 amide bonds. The molecule has 0 aliphatic carbocycles. The number of rotatable bonds is 6. The Labute approximate surface area is 122 Å². The van der Waals surface area contributed by atoms with E-state index in [1.54, 1.807) is 6.92 Å². The molecule has 116 valence electrons. The third-order valence-electron chi connectivity index (χ3n) is 2.88. The van der Waals surface area contributed by atoms with E-state index in [0.717, 1.165) is 0 Å². The Hall–Kier alpha value is -2.12. The number of aliphatic hydroxyl groups is 2. The van der Waals surface area contributed by atoms with Crippen molar-refractivity contribution in [3.63, 3.8) is 0 Å². The van der Waals surface area contributed by atoms with Crippen molar-refractivity contribution in [2.24, 2.45) is 0 Å². The standard InChI is InChI=1S/C14H19NO6/c1-3-21-14(19)8-4-5-10(15)9(6-8)13(18)11(16)7-12(17)20-2/h4-6,11,13,16,18H,3,7,15H2,1-2H3. The van der Waals surface area contributed by atoms with Gasteiger partial charge in [0.15, 0.2) is 0 Å². The predicted molar refractivity (Wildman–Crippen MR) is 74.4 cm³/mol. The monoisotopic (exact) mass is 297 g/mol. The van der Waals surface area contributed by atoms with Gasteiger partial charge < -0.3 is 25.4 Å². The number of benzene rings is 1. The van der Waals surface area contributed by atoms with Gasteiger partial charge in [0.25, 0.3) is 0 Å². The van der Waals surface area contributed by atoms with Crippen LogP contribution in [0.2, 0.25) is 0 Å². The zero-order valence-corrected chi connectivity index (χ0v) is 11.9. The maximum absolute atomic E-state index is 11.6. The summed E-state index contributed by atoms with van der Waals surface area (Å²) in [6.45, 7) is 1.89. The number of aliphatic hydroxyl groups excluding tert-OH is 2. The number of hydrogen-bond acceptors (Lipinski definition) is 7. The highest BCUT2D eigenvalue weighted by molar-refractivity contribution is 5.90. The Balaban J connectivity index is 2.97. The van der Waals surface area contributed by atoms with Crippen molar-refractivity contribution in [3.05, 3.63) is 29.3 Å². The minimum Gasteiger partial charge on any atom is -0.469 e. The molecule has 0 aromatic heterocycles. The van der Waals surface area contributed by atoms with E-state index in [1.807, 2.05) is 0 Å². The topological polar surface area (TPSA) is 119 Å². The summed E-state index contributed by atoms with van der Waals surface area (Å²) in [4.78, 5) is 22.7. The normalized spacial score (nSPS) is 13.3. The first-order chi connectivity index (χ1) is 9.90. The summed E-state index contributed by atoms with van der Waals surface area (Å²) < 4.78 is 9.26. The third kappa shape index (κ3) is 4.44. The fourth-order valence-electron chi connectivity index (χ4n) is 1.75. The van der Waals surface area contributed by atoms with Crippen molar-refractivity contribution in [2.45, 2.75) is 25.6 Å². The van der Waals surface area contributed by atoms with E-state index in [2.05, 4.69) is 4.74 Å². The first-order valence-electron chi connectivity index (χ1n) is 6.40. The molecule has 7 heteroatoms. The number of methoxy groups -OCH3 is 1. The largest absolute Gasteiger partial charge is 0.469 e. The van der Waals surface area contributed by atoms with Crippen LogP contribution < -0.4 is 5.73 Å². The fourth-order valence-corrected chi connectivity index (χ4v) is 1.75. The van der Waals surface area contributed by atoms with E-state index in [4.69, 9.17) is 10.5 Å². The number of anilines is 1. The predicted octanol–water partition coefficient (Wildman–Crippen LogP) is 0.403. The van der Waals surface area contributed by atoms with E-state index < -0.39 is 24.1 Å². The molecule has 1 aromatic rings. The van der Waals surface area contributed by atoms with Crippen LogP contribution in [-0.4, -0.2) is 42.0 Å². The lowest BCUT2D eigenvalue weighted by Gasteiger charge is -2.19. The minimum atomic E-state index is -1.42. The SMILES string of the molecule is CCOC(=O)c1ccc(N)c(C(O)C(O)CC(=O)OC)c1. The molecule has 4 N–H and O–H groups in total. The van der Waals surface area contributed by atoms with Gasteiger partial charge in [-0.2, -0.15) is 0 Å². The average Bonchev–Trinajstić information content (AvgIpc) is 2.46. The molecule has 21 heavy (non-hydrogen) atoms. The Morgan fingerprint density at radius 1 is 1.33 bits per heavy atom. The van der Waals surface area contributed by atoms with Gasteiger partial charge in [-0.25, -0.2) is 4.79 Å². The summed E-state index contributed by atoms with van der Waals surface area (Å²) in [7, 11) is 1.18. The maximum atomic E-state index is 11.6. The summed E-state index contributed by atoms with van der Waals surface area (Å²) in [6.07, 6.45) is -3.20. The van der Waals surface area contributed by atoms with Crippen LogP contribution in [0.25, 0.3) is 0 Å². The molecule has 2 unspecified atom stereocenters. The second-order valence-electron chi connectivity index (χ2n) is 4.36. The summed E-state index contributed by atoms with van der Waals surface area (Å²) in [5.74, 6) is -1.23. The maximum Gasteiger partial charge on any atom is 0.338 e. The van der Waals surface area contributed by atoms with Crippen LogP contribution in [-0.2, 0) is 14.3 Å². The number of carbonyl (C=O) groups is 2. The van der Waals surface area contributed by atoms with Crippen molar-refractivity contribution >= 4 is 17.6 Å². The molecule has 0 spiro atoms. The number of nitrogen functional groups attached to an aromatic ring is 1. The molecule has 1 rings (SSSR count). The van der Waals surface area contributed by atoms with Gasteiger partial charge in [-0.1, -0.05) is 0 Å². The molecule has 0 saturated carbocycles. The van der Waals surface area contributed by atoms with Gasteiger partial charge in [-0.3, -0.25) is 4.79 Å². The average molecular weight is 297 g/mol. The van der Waals surface area contributed by atoms with E-state index in [9.17, 15) is 19.8 Å². The minimum absolute atomic E-state index is 0.150. The van der Waals surface area contributed by atoms with Gasteiger partial charge in [0, 0.05) is 11.3 Å². The molecule has 0 aliphatic rings. The Morgan fingerprint density at radius 3 is 2.57 bits per heavy atom. The summed E-state index contributed by atoms with van der Waals surface area (Å²) in [6, 6.07) is 4.21. The summed E-state index contributed by atoms with van der Waals surface area (Å²) >= 11 is 0. The van der Waals surface area contributed by atoms with E-state index >= 15 is 0 Å². The van der Waals surface area contributed by atoms with Gasteiger partial charge in [-0.05, 0) is 25.1 Å². The van der Waals surface area contributed by atoms with E-state index in [-0.39, 0.29) is 29.8 Å². The lowest BCUT2D eigenvalue weighted by atomic mass is 9.98. The highest BCUT2D eigenvalue weighted by Crippen LogP contribution is 2.26. The van der Waals surface area contributed by atoms with Gasteiger partial charge in [0.05, 0.1) is 31.8 Å². The van der Waals surface area contributed by atoms with E-state index in [1.165, 1.54) is 25.3 Å². The van der Waals surface area contributed by atoms with Crippen LogP contribution in [0.4, 0.5) is 5.69 Å². The molecular formula is C14H19NO6. The molecule has 0 fully saturated rings. The molecule has 1 aromatic carbocycles. The molecule has 7 nitrogen and oxygen atoms in total. The second-order valence-corrected chi connectivity index (χ2v) is 4.36. The molecule has 0 radical (unpaired) electrons. The van der Waals surface area contributed by atoms with Crippen LogP contribution in [0.5, 0.6) is 0 Å². The van der Waals surface area contributed by atoms with Crippen LogP contribution >= 0.6 is 0 Å². The first-order valence-corrected chi connectivity index (χ1v) is 6.40. The number of carbonyl (C=O) groups excluding carboxylic acids is 2.